The molecule has 0 aliphatic heterocycles. The largest absolute Gasteiger partial charge is 0.389 e. The fraction of sp³-hybridized carbons (Fsp3) is 0.636. The van der Waals surface area contributed by atoms with Gasteiger partial charge < -0.3 is 10.4 Å². The number of aliphatic hydroxyl groups is 1. The van der Waals surface area contributed by atoms with Crippen LogP contribution in [0.2, 0.25) is 0 Å². The molecule has 0 bridgehead atoms. The Morgan fingerprint density at radius 3 is 2.93 bits per heavy atom. The second-order valence-corrected chi connectivity index (χ2v) is 4.96. The first-order chi connectivity index (χ1) is 6.64. The zero-order chi connectivity index (χ0) is 10.4. The Bertz CT molecular complexity index is 244. The van der Waals surface area contributed by atoms with E-state index in [4.69, 9.17) is 0 Å². The second-order valence-electron chi connectivity index (χ2n) is 3.93. The molecule has 0 saturated heterocycles. The van der Waals surface area contributed by atoms with Crippen LogP contribution in [0, 0.1) is 0 Å². The van der Waals surface area contributed by atoms with Crippen molar-refractivity contribution in [2.75, 3.05) is 6.54 Å². The van der Waals surface area contributed by atoms with Gasteiger partial charge in [0.15, 0.2) is 0 Å². The molecule has 2 nitrogen and oxygen atoms in total. The third-order valence-electron chi connectivity index (χ3n) is 2.17. The maximum Gasteiger partial charge on any atom is 0.0743 e. The van der Waals surface area contributed by atoms with E-state index >= 15 is 0 Å². The van der Waals surface area contributed by atoms with Crippen LogP contribution in [0.1, 0.15) is 31.6 Å². The normalized spacial score (nSPS) is 15.4. The number of nitrogens with one attached hydrogen (secondary N) is 1. The van der Waals surface area contributed by atoms with Crippen molar-refractivity contribution < 1.29 is 5.11 Å². The molecular weight excluding hydrogens is 194 g/mol. The van der Waals surface area contributed by atoms with E-state index in [-0.39, 0.29) is 0 Å². The molecule has 0 aromatic carbocycles. The molecule has 0 amide bonds. The summed E-state index contributed by atoms with van der Waals surface area (Å²) >= 11 is 1.74. The lowest BCUT2D eigenvalue weighted by molar-refractivity contribution is 0.0498. The van der Waals surface area contributed by atoms with Crippen molar-refractivity contribution in [1.82, 2.24) is 5.32 Å². The lowest BCUT2D eigenvalue weighted by atomic mass is 10.0. The van der Waals surface area contributed by atoms with E-state index in [1.165, 1.54) is 4.88 Å². The monoisotopic (exact) mass is 213 g/mol. The van der Waals surface area contributed by atoms with Gasteiger partial charge in [0.1, 0.15) is 0 Å². The average Bonchev–Trinajstić information content (AvgIpc) is 2.56. The fourth-order valence-corrected chi connectivity index (χ4v) is 2.17. The molecule has 1 unspecified atom stereocenters. The lowest BCUT2D eigenvalue weighted by Gasteiger charge is -2.22. The predicted octanol–water partition coefficient (Wildman–Crippen LogP) is 2.39. The van der Waals surface area contributed by atoms with Gasteiger partial charge in [-0.15, -0.1) is 11.3 Å². The van der Waals surface area contributed by atoms with Gasteiger partial charge in [0.25, 0.3) is 0 Å². The summed E-state index contributed by atoms with van der Waals surface area (Å²) in [7, 11) is 0. The van der Waals surface area contributed by atoms with Crippen molar-refractivity contribution >= 4 is 11.3 Å². The summed E-state index contributed by atoms with van der Waals surface area (Å²) in [5, 5.41) is 15.2. The van der Waals surface area contributed by atoms with Crippen molar-refractivity contribution in [3.8, 4) is 0 Å². The molecule has 1 rings (SSSR count). The summed E-state index contributed by atoms with van der Waals surface area (Å²) in [5.41, 5.74) is -0.563. The van der Waals surface area contributed by atoms with E-state index in [0.29, 0.717) is 6.54 Å². The Kier molecular flexibility index (Phi) is 4.58. The van der Waals surface area contributed by atoms with Gasteiger partial charge in [-0.05, 0) is 24.8 Å². The van der Waals surface area contributed by atoms with E-state index in [1.807, 2.05) is 13.0 Å². The van der Waals surface area contributed by atoms with E-state index in [2.05, 4.69) is 23.7 Å². The van der Waals surface area contributed by atoms with E-state index < -0.39 is 5.60 Å². The molecule has 2 N–H and O–H groups in total. The van der Waals surface area contributed by atoms with Crippen LogP contribution in [0.15, 0.2) is 17.5 Å². The maximum absolute atomic E-state index is 9.88. The smallest absolute Gasteiger partial charge is 0.0743 e. The second kappa shape index (κ2) is 5.49. The van der Waals surface area contributed by atoms with Crippen molar-refractivity contribution in [2.24, 2.45) is 0 Å². The van der Waals surface area contributed by atoms with Crippen molar-refractivity contribution in [3.05, 3.63) is 22.4 Å². The molecule has 1 atom stereocenters. The standard InChI is InChI=1S/C11H19NOS/c1-3-6-11(2,13)9-12-8-10-5-4-7-14-10/h4-5,7,12-13H,3,6,8-9H2,1-2H3. The Labute approximate surface area is 90.0 Å². The molecular formula is C11H19NOS. The predicted molar refractivity (Wildman–Crippen MR) is 61.6 cm³/mol. The molecule has 0 aliphatic carbocycles. The minimum atomic E-state index is -0.563. The van der Waals surface area contributed by atoms with Crippen LogP contribution in [0.5, 0.6) is 0 Å². The zero-order valence-corrected chi connectivity index (χ0v) is 9.73. The maximum atomic E-state index is 9.88. The molecule has 14 heavy (non-hydrogen) atoms. The highest BCUT2D eigenvalue weighted by Gasteiger charge is 2.17. The van der Waals surface area contributed by atoms with Crippen LogP contribution in [0.3, 0.4) is 0 Å². The van der Waals surface area contributed by atoms with Crippen LogP contribution < -0.4 is 5.32 Å². The SMILES string of the molecule is CCCC(C)(O)CNCc1cccs1. The highest BCUT2D eigenvalue weighted by atomic mass is 32.1. The van der Waals surface area contributed by atoms with Crippen LogP contribution in [-0.4, -0.2) is 17.3 Å². The van der Waals surface area contributed by atoms with Gasteiger partial charge in [-0.1, -0.05) is 19.4 Å². The van der Waals surface area contributed by atoms with Gasteiger partial charge in [-0.2, -0.15) is 0 Å². The molecule has 0 aliphatic rings. The third-order valence-corrected chi connectivity index (χ3v) is 3.05. The van der Waals surface area contributed by atoms with Gasteiger partial charge in [-0.3, -0.25) is 0 Å². The van der Waals surface area contributed by atoms with E-state index in [0.717, 1.165) is 19.4 Å². The van der Waals surface area contributed by atoms with Crippen LogP contribution in [-0.2, 0) is 6.54 Å². The van der Waals surface area contributed by atoms with Gasteiger partial charge in [0, 0.05) is 18.0 Å². The number of hydrogen-bond donors (Lipinski definition) is 2. The summed E-state index contributed by atoms with van der Waals surface area (Å²) in [4.78, 5) is 1.32. The molecule has 3 heteroatoms. The van der Waals surface area contributed by atoms with Crippen molar-refractivity contribution in [2.45, 2.75) is 38.8 Å². The fourth-order valence-electron chi connectivity index (χ4n) is 1.50. The number of hydrogen-bond acceptors (Lipinski definition) is 3. The van der Waals surface area contributed by atoms with Gasteiger partial charge in [-0.25, -0.2) is 0 Å². The van der Waals surface area contributed by atoms with Gasteiger partial charge in [0.05, 0.1) is 5.60 Å². The Morgan fingerprint density at radius 2 is 2.36 bits per heavy atom. The molecule has 1 aromatic rings. The quantitative estimate of drug-likeness (QED) is 0.760. The minimum Gasteiger partial charge on any atom is -0.389 e. The molecule has 1 aromatic heterocycles. The van der Waals surface area contributed by atoms with Crippen LogP contribution >= 0.6 is 11.3 Å². The first kappa shape index (κ1) is 11.7. The summed E-state index contributed by atoms with van der Waals surface area (Å²) in [6.45, 7) is 5.50. The Balaban J connectivity index is 2.20. The molecule has 0 saturated carbocycles. The highest BCUT2D eigenvalue weighted by Crippen LogP contribution is 2.11. The minimum absolute atomic E-state index is 0.563. The summed E-state index contributed by atoms with van der Waals surface area (Å²) in [5.74, 6) is 0. The zero-order valence-electron chi connectivity index (χ0n) is 8.92. The molecule has 0 spiro atoms. The highest BCUT2D eigenvalue weighted by molar-refractivity contribution is 7.09. The molecule has 80 valence electrons. The average molecular weight is 213 g/mol. The summed E-state index contributed by atoms with van der Waals surface area (Å²) in [6.07, 6.45) is 1.87. The van der Waals surface area contributed by atoms with Gasteiger partial charge >= 0.3 is 0 Å². The number of thiophene rings is 1. The molecule has 0 radical (unpaired) electrons. The molecule has 1 heterocycles. The van der Waals surface area contributed by atoms with Crippen molar-refractivity contribution in [3.63, 3.8) is 0 Å². The summed E-state index contributed by atoms with van der Waals surface area (Å²) < 4.78 is 0. The van der Waals surface area contributed by atoms with Crippen LogP contribution in [0.25, 0.3) is 0 Å². The van der Waals surface area contributed by atoms with Crippen molar-refractivity contribution in [1.29, 1.82) is 0 Å². The lowest BCUT2D eigenvalue weighted by Crippen LogP contribution is -2.37. The first-order valence-corrected chi connectivity index (χ1v) is 5.97. The Hall–Kier alpha value is -0.380. The number of rotatable bonds is 6. The third kappa shape index (κ3) is 4.22. The Morgan fingerprint density at radius 1 is 1.57 bits per heavy atom. The van der Waals surface area contributed by atoms with Crippen LogP contribution in [0.4, 0.5) is 0 Å². The van der Waals surface area contributed by atoms with E-state index in [9.17, 15) is 5.11 Å². The summed E-state index contributed by atoms with van der Waals surface area (Å²) in [6, 6.07) is 4.15. The molecule has 0 fully saturated rings. The van der Waals surface area contributed by atoms with Gasteiger partial charge in [0.2, 0.25) is 0 Å². The topological polar surface area (TPSA) is 32.3 Å². The first-order valence-electron chi connectivity index (χ1n) is 5.09. The van der Waals surface area contributed by atoms with E-state index in [1.54, 1.807) is 11.3 Å².